The summed E-state index contributed by atoms with van der Waals surface area (Å²) in [5, 5.41) is 0. The summed E-state index contributed by atoms with van der Waals surface area (Å²) in [6.07, 6.45) is 1.17. The van der Waals surface area contributed by atoms with Crippen molar-refractivity contribution in [1.29, 1.82) is 0 Å². The Labute approximate surface area is 152 Å². The molecular formula is C17H23FN2O5S. The normalized spacial score (nSPS) is 20.9. The predicted octanol–water partition coefficient (Wildman–Crippen LogP) is 1.57. The van der Waals surface area contributed by atoms with Crippen molar-refractivity contribution in [2.75, 3.05) is 36.8 Å². The van der Waals surface area contributed by atoms with Gasteiger partial charge in [-0.25, -0.2) is 12.8 Å². The molecule has 0 aliphatic carbocycles. The van der Waals surface area contributed by atoms with Crippen LogP contribution < -0.4 is 4.72 Å². The van der Waals surface area contributed by atoms with E-state index in [1.54, 1.807) is 11.8 Å². The first kappa shape index (κ1) is 19.1. The van der Waals surface area contributed by atoms with E-state index in [1.165, 1.54) is 18.2 Å². The highest BCUT2D eigenvalue weighted by Gasteiger charge is 2.41. The lowest BCUT2D eigenvalue weighted by Gasteiger charge is -2.38. The van der Waals surface area contributed by atoms with Crippen LogP contribution in [-0.4, -0.2) is 57.1 Å². The number of benzene rings is 1. The Morgan fingerprint density at radius 1 is 1.31 bits per heavy atom. The van der Waals surface area contributed by atoms with E-state index in [0.717, 1.165) is 6.07 Å². The average Bonchev–Trinajstić information content (AvgIpc) is 3.02. The van der Waals surface area contributed by atoms with E-state index in [4.69, 9.17) is 9.47 Å². The summed E-state index contributed by atoms with van der Waals surface area (Å²) in [4.78, 5) is 14.2. The fourth-order valence-corrected chi connectivity index (χ4v) is 4.71. The van der Waals surface area contributed by atoms with Crippen LogP contribution in [0.15, 0.2) is 24.3 Å². The number of piperidine rings is 1. The van der Waals surface area contributed by atoms with Gasteiger partial charge in [-0.2, -0.15) is 0 Å². The minimum absolute atomic E-state index is 0.139. The van der Waals surface area contributed by atoms with Crippen molar-refractivity contribution in [3.63, 3.8) is 0 Å². The maximum absolute atomic E-state index is 13.2. The van der Waals surface area contributed by atoms with E-state index < -0.39 is 27.5 Å². The second-order valence-corrected chi connectivity index (χ2v) is 8.49. The molecule has 2 aliphatic rings. The third-order valence-corrected chi connectivity index (χ3v) is 6.12. The standard InChI is InChI=1S/C17H23FN2O5S/c1-13(12-26(22,23)19-15-4-2-3-14(18)11-15)16(21)20-7-5-17(6-8-20)24-9-10-25-17/h2-4,11,13,19H,5-10,12H2,1H3. The van der Waals surface area contributed by atoms with E-state index in [9.17, 15) is 17.6 Å². The molecule has 0 aromatic heterocycles. The maximum atomic E-state index is 13.2. The topological polar surface area (TPSA) is 84.9 Å². The fourth-order valence-electron chi connectivity index (χ4n) is 3.34. The van der Waals surface area contributed by atoms with E-state index in [1.807, 2.05) is 0 Å². The SMILES string of the molecule is CC(CS(=O)(=O)Nc1cccc(F)c1)C(=O)N1CCC2(CC1)OCCO2. The molecule has 2 heterocycles. The fraction of sp³-hybridized carbons (Fsp3) is 0.588. The van der Waals surface area contributed by atoms with E-state index in [0.29, 0.717) is 39.1 Å². The summed E-state index contributed by atoms with van der Waals surface area (Å²) in [7, 11) is -3.77. The lowest BCUT2D eigenvalue weighted by atomic mass is 10.0. The Bertz CT molecular complexity index is 754. The smallest absolute Gasteiger partial charge is 0.233 e. The molecule has 7 nitrogen and oxygen atoms in total. The first-order chi connectivity index (χ1) is 12.3. The van der Waals surface area contributed by atoms with Crippen LogP contribution >= 0.6 is 0 Å². The third kappa shape index (κ3) is 4.52. The highest BCUT2D eigenvalue weighted by Crippen LogP contribution is 2.31. The number of anilines is 1. The van der Waals surface area contributed by atoms with Gasteiger partial charge in [0.05, 0.1) is 30.6 Å². The van der Waals surface area contributed by atoms with Gasteiger partial charge in [0, 0.05) is 25.9 Å². The quantitative estimate of drug-likeness (QED) is 0.830. The van der Waals surface area contributed by atoms with Crippen molar-refractivity contribution in [3.05, 3.63) is 30.1 Å². The zero-order valence-corrected chi connectivity index (χ0v) is 15.4. The van der Waals surface area contributed by atoms with Gasteiger partial charge in [-0.3, -0.25) is 9.52 Å². The van der Waals surface area contributed by atoms with Gasteiger partial charge in [-0.15, -0.1) is 0 Å². The predicted molar refractivity (Wildman–Crippen MR) is 93.4 cm³/mol. The molecule has 1 unspecified atom stereocenters. The van der Waals surface area contributed by atoms with Gasteiger partial charge in [0.2, 0.25) is 15.9 Å². The van der Waals surface area contributed by atoms with E-state index >= 15 is 0 Å². The number of ether oxygens (including phenoxy) is 2. The van der Waals surface area contributed by atoms with E-state index in [-0.39, 0.29) is 17.3 Å². The highest BCUT2D eigenvalue weighted by molar-refractivity contribution is 7.92. The van der Waals surface area contributed by atoms with Gasteiger partial charge in [-0.05, 0) is 18.2 Å². The number of hydrogen-bond acceptors (Lipinski definition) is 5. The first-order valence-corrected chi connectivity index (χ1v) is 10.3. The number of nitrogens with one attached hydrogen (secondary N) is 1. The van der Waals surface area contributed by atoms with Gasteiger partial charge in [0.25, 0.3) is 0 Å². The molecule has 9 heteroatoms. The summed E-state index contributed by atoms with van der Waals surface area (Å²) in [6, 6.07) is 5.19. The van der Waals surface area contributed by atoms with Crippen LogP contribution in [0.4, 0.5) is 10.1 Å². The van der Waals surface area contributed by atoms with Crippen LogP contribution in [0.2, 0.25) is 0 Å². The largest absolute Gasteiger partial charge is 0.347 e. The second-order valence-electron chi connectivity index (χ2n) is 6.73. The van der Waals surface area contributed by atoms with Crippen LogP contribution in [0.1, 0.15) is 19.8 Å². The van der Waals surface area contributed by atoms with Crippen molar-refractivity contribution in [2.24, 2.45) is 5.92 Å². The number of amides is 1. The number of carbonyl (C=O) groups is 1. The van der Waals surface area contributed by atoms with Crippen molar-refractivity contribution in [3.8, 4) is 0 Å². The molecule has 2 saturated heterocycles. The molecule has 1 N–H and O–H groups in total. The Hall–Kier alpha value is -1.71. The molecule has 1 amide bonds. The highest BCUT2D eigenvalue weighted by atomic mass is 32.2. The minimum Gasteiger partial charge on any atom is -0.347 e. The Morgan fingerprint density at radius 3 is 2.58 bits per heavy atom. The summed E-state index contributed by atoms with van der Waals surface area (Å²) in [5.41, 5.74) is 0.139. The monoisotopic (exact) mass is 386 g/mol. The van der Waals surface area contributed by atoms with Crippen molar-refractivity contribution < 1.29 is 27.1 Å². The summed E-state index contributed by atoms with van der Waals surface area (Å²) >= 11 is 0. The Kier molecular flexibility index (Phi) is 5.50. The Morgan fingerprint density at radius 2 is 1.96 bits per heavy atom. The maximum Gasteiger partial charge on any atom is 0.233 e. The molecule has 1 atom stereocenters. The van der Waals surface area contributed by atoms with Gasteiger partial charge < -0.3 is 14.4 Å². The molecular weight excluding hydrogens is 363 g/mol. The third-order valence-electron chi connectivity index (χ3n) is 4.64. The summed E-state index contributed by atoms with van der Waals surface area (Å²) < 4.78 is 51.3. The molecule has 0 radical (unpaired) electrons. The van der Waals surface area contributed by atoms with Crippen molar-refractivity contribution in [2.45, 2.75) is 25.6 Å². The molecule has 2 aliphatic heterocycles. The number of carbonyl (C=O) groups excluding carboxylic acids is 1. The number of nitrogens with zero attached hydrogens (tertiary/aromatic N) is 1. The zero-order chi connectivity index (χ0) is 18.8. The van der Waals surface area contributed by atoms with Gasteiger partial charge in [0.1, 0.15) is 5.82 Å². The first-order valence-electron chi connectivity index (χ1n) is 8.61. The van der Waals surface area contributed by atoms with Gasteiger partial charge >= 0.3 is 0 Å². The molecule has 2 fully saturated rings. The summed E-state index contributed by atoms with van der Waals surface area (Å²) in [6.45, 7) is 3.66. The second kappa shape index (κ2) is 7.50. The molecule has 1 aromatic carbocycles. The molecule has 0 saturated carbocycles. The number of halogens is 1. The van der Waals surface area contributed by atoms with Gasteiger partial charge in [0.15, 0.2) is 5.79 Å². The lowest BCUT2D eigenvalue weighted by molar-refractivity contribution is -0.188. The van der Waals surface area contributed by atoms with Crippen LogP contribution in [0.25, 0.3) is 0 Å². The van der Waals surface area contributed by atoms with Gasteiger partial charge in [-0.1, -0.05) is 13.0 Å². The summed E-state index contributed by atoms with van der Waals surface area (Å²) in [5.74, 6) is -2.40. The van der Waals surface area contributed by atoms with Crippen molar-refractivity contribution in [1.82, 2.24) is 4.90 Å². The molecule has 144 valence electrons. The van der Waals surface area contributed by atoms with Crippen LogP contribution in [-0.2, 0) is 24.3 Å². The minimum atomic E-state index is -3.77. The number of sulfonamides is 1. The molecule has 1 aromatic rings. The number of hydrogen-bond donors (Lipinski definition) is 1. The Balaban J connectivity index is 1.55. The van der Waals surface area contributed by atoms with Crippen molar-refractivity contribution >= 4 is 21.6 Å². The van der Waals surface area contributed by atoms with Crippen LogP contribution in [0, 0.1) is 11.7 Å². The van der Waals surface area contributed by atoms with Crippen LogP contribution in [0.5, 0.6) is 0 Å². The molecule has 3 rings (SSSR count). The molecule has 26 heavy (non-hydrogen) atoms. The zero-order valence-electron chi connectivity index (χ0n) is 14.6. The average molecular weight is 386 g/mol. The number of likely N-dealkylation sites (tertiary alicyclic amines) is 1. The molecule has 1 spiro atoms. The number of rotatable bonds is 5. The lowest BCUT2D eigenvalue weighted by Crippen LogP contribution is -2.49. The van der Waals surface area contributed by atoms with Crippen LogP contribution in [0.3, 0.4) is 0 Å². The van der Waals surface area contributed by atoms with E-state index in [2.05, 4.69) is 4.72 Å². The molecule has 0 bridgehead atoms.